The van der Waals surface area contributed by atoms with Crippen LogP contribution in [-0.2, 0) is 4.74 Å². The van der Waals surface area contributed by atoms with Gasteiger partial charge in [-0.15, -0.1) is 0 Å². The number of benzene rings is 1. The Balaban J connectivity index is 0.000000322. The van der Waals surface area contributed by atoms with Crippen LogP contribution in [0.15, 0.2) is 18.2 Å². The van der Waals surface area contributed by atoms with E-state index in [1.165, 1.54) is 17.0 Å². The Bertz CT molecular complexity index is 1090. The molecule has 1 N–H and O–H groups in total. The predicted molar refractivity (Wildman–Crippen MR) is 133 cm³/mol. The van der Waals surface area contributed by atoms with Gasteiger partial charge in [-0.3, -0.25) is 9.59 Å². The molecule has 39 heavy (non-hydrogen) atoms. The number of carbonyl (C=O) groups excluding carboxylic acids is 3. The minimum absolute atomic E-state index is 0.0464. The van der Waals surface area contributed by atoms with Crippen molar-refractivity contribution < 1.29 is 46.6 Å². The quantitative estimate of drug-likeness (QED) is 0.527. The minimum atomic E-state index is -2.94. The molecular formula is C26H35F4N3O6. The third kappa shape index (κ3) is 9.39. The molecule has 0 spiro atoms. The topological polar surface area (TPSA) is 107 Å². The molecule has 0 radical (unpaired) electrons. The normalized spacial score (nSPS) is 17.8. The van der Waals surface area contributed by atoms with Crippen LogP contribution in [-0.4, -0.2) is 101 Å². The summed E-state index contributed by atoms with van der Waals surface area (Å²) in [5.41, 5.74) is -0.893. The molecule has 2 saturated heterocycles. The number of amides is 3. The van der Waals surface area contributed by atoms with E-state index in [-0.39, 0.29) is 36.2 Å². The summed E-state index contributed by atoms with van der Waals surface area (Å²) in [6, 6.07) is 3.56. The fourth-order valence-electron chi connectivity index (χ4n) is 3.97. The number of nitrogens with zero attached hydrogens (tertiary/aromatic N) is 3. The van der Waals surface area contributed by atoms with Crippen LogP contribution in [0, 0.1) is 0 Å². The molecule has 0 atom stereocenters. The van der Waals surface area contributed by atoms with E-state index in [1.54, 1.807) is 27.8 Å². The molecule has 2 heterocycles. The Labute approximate surface area is 224 Å². The molecule has 1 aromatic carbocycles. The predicted octanol–water partition coefficient (Wildman–Crippen LogP) is 4.61. The van der Waals surface area contributed by atoms with Gasteiger partial charge in [-0.25, -0.2) is 27.2 Å². The second-order valence-corrected chi connectivity index (χ2v) is 10.7. The molecule has 13 heteroatoms. The zero-order valence-electron chi connectivity index (χ0n) is 22.7. The average molecular weight is 562 g/mol. The number of hydrogen-bond donors (Lipinski definition) is 1. The number of hydrogen-bond acceptors (Lipinski definition) is 5. The Morgan fingerprint density at radius 1 is 0.923 bits per heavy atom. The van der Waals surface area contributed by atoms with Gasteiger partial charge < -0.3 is 24.5 Å². The Hall–Kier alpha value is -3.38. The van der Waals surface area contributed by atoms with Crippen molar-refractivity contribution in [3.8, 4) is 0 Å². The van der Waals surface area contributed by atoms with Crippen LogP contribution in [0.2, 0.25) is 0 Å². The van der Waals surface area contributed by atoms with Gasteiger partial charge in [0, 0.05) is 50.7 Å². The van der Waals surface area contributed by atoms with E-state index in [0.29, 0.717) is 6.54 Å². The number of aromatic carboxylic acids is 1. The van der Waals surface area contributed by atoms with Crippen LogP contribution in [0.4, 0.5) is 22.4 Å². The highest BCUT2D eigenvalue weighted by molar-refractivity contribution is 6.03. The van der Waals surface area contributed by atoms with E-state index in [2.05, 4.69) is 0 Å². The van der Waals surface area contributed by atoms with Crippen LogP contribution in [0.1, 0.15) is 78.0 Å². The van der Waals surface area contributed by atoms with E-state index in [4.69, 9.17) is 4.74 Å². The van der Waals surface area contributed by atoms with Gasteiger partial charge >= 0.3 is 12.1 Å². The molecule has 2 aliphatic rings. The third-order valence-electron chi connectivity index (χ3n) is 5.86. The molecule has 0 aliphatic carbocycles. The summed E-state index contributed by atoms with van der Waals surface area (Å²) in [7, 11) is 1.57. The van der Waals surface area contributed by atoms with Gasteiger partial charge in [-0.2, -0.15) is 0 Å². The number of likely N-dealkylation sites (tertiary alicyclic amines) is 2. The highest BCUT2D eigenvalue weighted by atomic mass is 19.3. The lowest BCUT2D eigenvalue weighted by atomic mass is 10.0. The summed E-state index contributed by atoms with van der Waals surface area (Å²) >= 11 is 0. The summed E-state index contributed by atoms with van der Waals surface area (Å²) in [4.78, 5) is 50.9. The average Bonchev–Trinajstić information content (AvgIpc) is 3.38. The minimum Gasteiger partial charge on any atom is -0.478 e. The van der Waals surface area contributed by atoms with Crippen LogP contribution >= 0.6 is 0 Å². The molecular weight excluding hydrogens is 526 g/mol. The van der Waals surface area contributed by atoms with Crippen LogP contribution in [0.25, 0.3) is 0 Å². The summed E-state index contributed by atoms with van der Waals surface area (Å²) < 4.78 is 57.1. The lowest BCUT2D eigenvalue weighted by molar-refractivity contribution is -0.00189. The van der Waals surface area contributed by atoms with Gasteiger partial charge in [0.2, 0.25) is 0 Å². The van der Waals surface area contributed by atoms with Crippen molar-refractivity contribution in [1.29, 1.82) is 0 Å². The second kappa shape index (κ2) is 12.2. The van der Waals surface area contributed by atoms with Crippen LogP contribution < -0.4 is 0 Å². The first-order valence-electron chi connectivity index (χ1n) is 12.5. The fourth-order valence-corrected chi connectivity index (χ4v) is 3.97. The van der Waals surface area contributed by atoms with E-state index in [9.17, 15) is 41.8 Å². The number of ether oxygens (including phenoxy) is 1. The largest absolute Gasteiger partial charge is 0.478 e. The van der Waals surface area contributed by atoms with E-state index >= 15 is 0 Å². The van der Waals surface area contributed by atoms with Gasteiger partial charge in [0.15, 0.2) is 0 Å². The van der Waals surface area contributed by atoms with Crippen molar-refractivity contribution in [2.45, 2.75) is 64.4 Å². The highest BCUT2D eigenvalue weighted by Crippen LogP contribution is 2.29. The van der Waals surface area contributed by atoms with E-state index < -0.39 is 60.8 Å². The van der Waals surface area contributed by atoms with Crippen molar-refractivity contribution in [3.05, 3.63) is 34.9 Å². The molecule has 218 valence electrons. The highest BCUT2D eigenvalue weighted by Gasteiger charge is 2.42. The first kappa shape index (κ1) is 31.8. The second-order valence-electron chi connectivity index (χ2n) is 10.7. The number of carboxylic acids is 1. The maximum absolute atomic E-state index is 13.3. The van der Waals surface area contributed by atoms with E-state index in [0.717, 1.165) is 22.3 Å². The third-order valence-corrected chi connectivity index (χ3v) is 5.86. The molecule has 0 bridgehead atoms. The molecule has 0 aromatic heterocycles. The van der Waals surface area contributed by atoms with Crippen molar-refractivity contribution in [1.82, 2.24) is 14.7 Å². The standard InChI is InChI=1S/C17H20F2N2O4.C9H15F2NO2/c1-3-5-20(2)14(22)11-7-12(9-13(8-11)16(24)25)15(23)21-6-4-17(18,19)10-21;1-8(2,3)14-7(13)12-5-4-9(10,11)6-12/h7-9H,3-6,10H2,1-2H3,(H,24,25);4-6H2,1-3H3. The Morgan fingerprint density at radius 3 is 1.85 bits per heavy atom. The molecule has 1 aromatic rings. The smallest absolute Gasteiger partial charge is 0.410 e. The summed E-state index contributed by atoms with van der Waals surface area (Å²) in [6.07, 6.45) is -0.640. The molecule has 3 rings (SSSR count). The van der Waals surface area contributed by atoms with Crippen molar-refractivity contribution in [2.75, 3.05) is 39.8 Å². The molecule has 9 nitrogen and oxygen atoms in total. The Kier molecular flexibility index (Phi) is 9.96. The van der Waals surface area contributed by atoms with Gasteiger partial charge in [0.05, 0.1) is 18.7 Å². The first-order chi connectivity index (χ1) is 17.8. The lowest BCUT2D eigenvalue weighted by Gasteiger charge is -2.24. The summed E-state index contributed by atoms with van der Waals surface area (Å²) in [6.45, 7) is 6.21. The number of rotatable bonds is 5. The van der Waals surface area contributed by atoms with Gasteiger partial charge in [0.25, 0.3) is 23.7 Å². The molecule has 0 saturated carbocycles. The Morgan fingerprint density at radius 2 is 1.41 bits per heavy atom. The van der Waals surface area contributed by atoms with Crippen LogP contribution in [0.3, 0.4) is 0 Å². The summed E-state index contributed by atoms with van der Waals surface area (Å²) in [5, 5.41) is 9.22. The number of carbonyl (C=O) groups is 4. The lowest BCUT2D eigenvalue weighted by Crippen LogP contribution is -2.36. The van der Waals surface area contributed by atoms with Gasteiger partial charge in [-0.05, 0) is 45.4 Å². The number of alkyl halides is 4. The van der Waals surface area contributed by atoms with Gasteiger partial charge in [0.1, 0.15) is 5.60 Å². The van der Waals surface area contributed by atoms with Crippen LogP contribution in [0.5, 0.6) is 0 Å². The number of halogens is 4. The molecule has 0 unspecified atom stereocenters. The molecule has 2 fully saturated rings. The molecule has 3 amide bonds. The number of carboxylic acid groups (broad SMARTS) is 1. The zero-order chi connectivity index (χ0) is 29.8. The van der Waals surface area contributed by atoms with Crippen molar-refractivity contribution in [2.24, 2.45) is 0 Å². The SMILES string of the molecule is CC(C)(C)OC(=O)N1CCC(F)(F)C1.CCCN(C)C(=O)c1cc(C(=O)O)cc(C(=O)N2CCC(F)(F)C2)c1. The molecule has 2 aliphatic heterocycles. The maximum Gasteiger partial charge on any atom is 0.410 e. The zero-order valence-corrected chi connectivity index (χ0v) is 22.7. The fraction of sp³-hybridized carbons (Fsp3) is 0.615. The van der Waals surface area contributed by atoms with Gasteiger partial charge in [-0.1, -0.05) is 6.92 Å². The van der Waals surface area contributed by atoms with Crippen molar-refractivity contribution in [3.63, 3.8) is 0 Å². The maximum atomic E-state index is 13.3. The van der Waals surface area contributed by atoms with Crippen molar-refractivity contribution >= 4 is 23.9 Å². The monoisotopic (exact) mass is 561 g/mol. The summed E-state index contributed by atoms with van der Waals surface area (Å²) in [5.74, 6) is -8.12. The first-order valence-corrected chi connectivity index (χ1v) is 12.5. The van der Waals surface area contributed by atoms with E-state index in [1.807, 2.05) is 6.92 Å².